The smallest absolute Gasteiger partial charge is 0.266 e. The molecular formula is C25H27F3N4O. The number of pyridine rings is 1. The minimum Gasteiger partial charge on any atom is -0.363 e. The molecule has 3 aromatic rings. The molecule has 3 aliphatic rings. The van der Waals surface area contributed by atoms with Gasteiger partial charge in [0.2, 0.25) is 0 Å². The number of anilines is 1. The number of benzene rings is 1. The molecule has 2 heterocycles. The van der Waals surface area contributed by atoms with Crippen LogP contribution in [0.5, 0.6) is 0 Å². The number of aromatic nitrogens is 3. The van der Waals surface area contributed by atoms with Crippen molar-refractivity contribution in [1.29, 1.82) is 0 Å². The molecule has 174 valence electrons. The van der Waals surface area contributed by atoms with Crippen LogP contribution in [0, 0.1) is 18.7 Å². The first-order chi connectivity index (χ1) is 15.8. The Bertz CT molecular complexity index is 1250. The van der Waals surface area contributed by atoms with Crippen molar-refractivity contribution in [1.82, 2.24) is 14.5 Å². The van der Waals surface area contributed by atoms with E-state index in [1.54, 1.807) is 19.9 Å². The van der Waals surface area contributed by atoms with Gasteiger partial charge >= 0.3 is 0 Å². The van der Waals surface area contributed by atoms with Crippen LogP contribution in [-0.4, -0.2) is 14.5 Å². The van der Waals surface area contributed by atoms with E-state index in [1.165, 1.54) is 12.1 Å². The van der Waals surface area contributed by atoms with E-state index in [0.717, 1.165) is 50.5 Å². The lowest BCUT2D eigenvalue weighted by Crippen LogP contribution is -2.47. The van der Waals surface area contributed by atoms with E-state index in [2.05, 4.69) is 15.3 Å². The van der Waals surface area contributed by atoms with Crippen molar-refractivity contribution in [2.45, 2.75) is 70.4 Å². The fraction of sp³-hybridized carbons (Fsp3) is 0.480. The first kappa shape index (κ1) is 21.9. The molecule has 3 aliphatic carbocycles. The third-order valence-corrected chi connectivity index (χ3v) is 7.52. The molecule has 0 unspecified atom stereocenters. The van der Waals surface area contributed by atoms with Gasteiger partial charge in [-0.3, -0.25) is 4.79 Å². The van der Waals surface area contributed by atoms with Crippen molar-refractivity contribution in [2.75, 3.05) is 5.32 Å². The van der Waals surface area contributed by atoms with Crippen LogP contribution >= 0.6 is 0 Å². The molecule has 0 aliphatic heterocycles. The van der Waals surface area contributed by atoms with Gasteiger partial charge in [0.05, 0.1) is 22.5 Å². The van der Waals surface area contributed by atoms with Crippen LogP contribution in [0.3, 0.4) is 0 Å². The Labute approximate surface area is 190 Å². The maximum absolute atomic E-state index is 14.7. The SMILES string of the molecule is Cc1nc(N[C@H](C)c2cccc(C(F)F)c2F)c2cn(C34CCC(CC3)CC4)c(=O)cc2n1. The van der Waals surface area contributed by atoms with Gasteiger partial charge < -0.3 is 9.88 Å². The maximum atomic E-state index is 14.7. The molecule has 1 aromatic carbocycles. The van der Waals surface area contributed by atoms with Crippen molar-refractivity contribution in [3.63, 3.8) is 0 Å². The zero-order valence-electron chi connectivity index (χ0n) is 18.7. The molecule has 0 spiro atoms. The second-order valence-corrected chi connectivity index (χ2v) is 9.52. The van der Waals surface area contributed by atoms with Gasteiger partial charge in [-0.2, -0.15) is 0 Å². The number of hydrogen-bond donors (Lipinski definition) is 1. The van der Waals surface area contributed by atoms with Crippen LogP contribution in [0.25, 0.3) is 10.9 Å². The Morgan fingerprint density at radius 1 is 1.12 bits per heavy atom. The van der Waals surface area contributed by atoms with E-state index < -0.39 is 23.8 Å². The van der Waals surface area contributed by atoms with Crippen molar-refractivity contribution in [3.05, 3.63) is 63.6 Å². The number of rotatable bonds is 5. The van der Waals surface area contributed by atoms with Gasteiger partial charge in [-0.1, -0.05) is 18.2 Å². The zero-order valence-corrected chi connectivity index (χ0v) is 18.7. The first-order valence-electron chi connectivity index (χ1n) is 11.5. The van der Waals surface area contributed by atoms with Gasteiger partial charge in [-0.05, 0) is 58.3 Å². The average molecular weight is 457 g/mol. The summed E-state index contributed by atoms with van der Waals surface area (Å²) >= 11 is 0. The van der Waals surface area contributed by atoms with E-state index in [4.69, 9.17) is 0 Å². The molecular weight excluding hydrogens is 429 g/mol. The summed E-state index contributed by atoms with van der Waals surface area (Å²) < 4.78 is 42.9. The van der Waals surface area contributed by atoms with Crippen LogP contribution in [0.2, 0.25) is 0 Å². The molecule has 2 aromatic heterocycles. The Kier molecular flexibility index (Phi) is 5.41. The van der Waals surface area contributed by atoms with Gasteiger partial charge in [0.1, 0.15) is 17.5 Å². The number of alkyl halides is 2. The Morgan fingerprint density at radius 3 is 2.45 bits per heavy atom. The standard InChI is InChI=1S/C25H27F3N4O/c1-14(17-4-3-5-18(22(17)26)23(27)28)29-24-19-13-32(21(33)12-20(19)30-15(2)31-24)25-9-6-16(7-10-25)8-11-25/h3-5,12-14,16,23H,6-11H2,1-2H3,(H,29,30,31)/t14-,16?,25?/m1/s1. The van der Waals surface area contributed by atoms with Crippen molar-refractivity contribution in [2.24, 2.45) is 5.92 Å². The Hall–Kier alpha value is -2.90. The number of halogens is 3. The molecule has 0 amide bonds. The lowest BCUT2D eigenvalue weighted by Gasteiger charge is -2.47. The summed E-state index contributed by atoms with van der Waals surface area (Å²) in [5.74, 6) is 0.775. The van der Waals surface area contributed by atoms with Crippen LogP contribution in [0.4, 0.5) is 19.0 Å². The quantitative estimate of drug-likeness (QED) is 0.509. The number of aryl methyl sites for hydroxylation is 1. The molecule has 6 rings (SSSR count). The summed E-state index contributed by atoms with van der Waals surface area (Å²) in [6.07, 6.45) is 5.31. The molecule has 1 N–H and O–H groups in total. The highest BCUT2D eigenvalue weighted by Gasteiger charge is 2.42. The molecule has 33 heavy (non-hydrogen) atoms. The highest BCUT2D eigenvalue weighted by molar-refractivity contribution is 5.88. The minimum absolute atomic E-state index is 0.0735. The van der Waals surface area contributed by atoms with Crippen LogP contribution in [0.1, 0.15) is 74.9 Å². The van der Waals surface area contributed by atoms with Gasteiger partial charge in [-0.25, -0.2) is 23.1 Å². The Morgan fingerprint density at radius 2 is 1.79 bits per heavy atom. The lowest BCUT2D eigenvalue weighted by molar-refractivity contribution is 0.0714. The third kappa shape index (κ3) is 3.79. The molecule has 5 nitrogen and oxygen atoms in total. The number of hydrogen-bond acceptors (Lipinski definition) is 4. The van der Waals surface area contributed by atoms with Gasteiger partial charge in [0.25, 0.3) is 12.0 Å². The van der Waals surface area contributed by atoms with Crippen LogP contribution in [-0.2, 0) is 5.54 Å². The molecule has 0 saturated heterocycles. The number of nitrogens with zero attached hydrogens (tertiary/aromatic N) is 3. The zero-order chi connectivity index (χ0) is 23.3. The summed E-state index contributed by atoms with van der Waals surface area (Å²) in [5, 5.41) is 3.85. The largest absolute Gasteiger partial charge is 0.363 e. The summed E-state index contributed by atoms with van der Waals surface area (Å²) in [7, 11) is 0. The second kappa shape index (κ2) is 8.15. The van der Waals surface area contributed by atoms with E-state index in [0.29, 0.717) is 22.5 Å². The van der Waals surface area contributed by atoms with E-state index in [-0.39, 0.29) is 16.7 Å². The summed E-state index contributed by atoms with van der Waals surface area (Å²) in [6.45, 7) is 3.42. The van der Waals surface area contributed by atoms with Crippen molar-refractivity contribution < 1.29 is 13.2 Å². The van der Waals surface area contributed by atoms with E-state index in [1.807, 2.05) is 10.8 Å². The summed E-state index contributed by atoms with van der Waals surface area (Å²) in [6, 6.07) is 4.94. The van der Waals surface area contributed by atoms with Crippen LogP contribution in [0.15, 0.2) is 35.3 Å². The van der Waals surface area contributed by atoms with Gasteiger partial charge in [0.15, 0.2) is 0 Å². The van der Waals surface area contributed by atoms with Crippen molar-refractivity contribution in [3.8, 4) is 0 Å². The fourth-order valence-corrected chi connectivity index (χ4v) is 5.64. The van der Waals surface area contributed by atoms with E-state index in [9.17, 15) is 18.0 Å². The molecule has 3 saturated carbocycles. The monoisotopic (exact) mass is 456 g/mol. The predicted molar refractivity (Wildman–Crippen MR) is 121 cm³/mol. The number of nitrogens with one attached hydrogen (secondary N) is 1. The summed E-state index contributed by atoms with van der Waals surface area (Å²) in [4.78, 5) is 22.0. The third-order valence-electron chi connectivity index (χ3n) is 7.52. The van der Waals surface area contributed by atoms with Gasteiger partial charge in [-0.15, -0.1) is 0 Å². The normalized spacial score (nSPS) is 23.3. The first-order valence-corrected chi connectivity index (χ1v) is 11.5. The number of fused-ring (bicyclic) bond motifs is 4. The highest BCUT2D eigenvalue weighted by atomic mass is 19.3. The predicted octanol–water partition coefficient (Wildman–Crippen LogP) is 6.03. The topological polar surface area (TPSA) is 59.8 Å². The molecule has 2 bridgehead atoms. The average Bonchev–Trinajstić information content (AvgIpc) is 2.79. The lowest BCUT2D eigenvalue weighted by atomic mass is 9.65. The molecule has 3 fully saturated rings. The minimum atomic E-state index is -2.89. The van der Waals surface area contributed by atoms with E-state index >= 15 is 0 Å². The molecule has 0 radical (unpaired) electrons. The van der Waals surface area contributed by atoms with Gasteiger partial charge in [0, 0.05) is 23.4 Å². The maximum Gasteiger partial charge on any atom is 0.266 e. The fourth-order valence-electron chi connectivity index (χ4n) is 5.64. The summed E-state index contributed by atoms with van der Waals surface area (Å²) in [5.41, 5.74) is -0.219. The molecule has 1 atom stereocenters. The van der Waals surface area contributed by atoms with Crippen molar-refractivity contribution >= 4 is 16.7 Å². The molecule has 8 heteroatoms. The second-order valence-electron chi connectivity index (χ2n) is 9.52. The highest BCUT2D eigenvalue weighted by Crippen LogP contribution is 2.48. The van der Waals surface area contributed by atoms with Crippen LogP contribution < -0.4 is 10.9 Å². The Balaban J connectivity index is 1.57.